The van der Waals surface area contributed by atoms with Crippen LogP contribution in [0.4, 0.5) is 5.82 Å². The fourth-order valence-corrected chi connectivity index (χ4v) is 3.10. The van der Waals surface area contributed by atoms with Crippen LogP contribution in [0.25, 0.3) is 0 Å². The summed E-state index contributed by atoms with van der Waals surface area (Å²) in [7, 11) is 4.66. The number of nitrogens with one attached hydrogen (secondary N) is 1. The standard InChI is InChI=1S/C23H25N3O5/c1-15(29-3)10-17(11-18(30-4)14-28-2)25-21-12-24-13-22(26-21)31-20-7-5-6-16-8-9-19(27)23(16)20/h5-7,10-13H,1,8-9,14H2,2-4H3,(H,25,26)/b17-10+,18-11+. The second kappa shape index (κ2) is 10.4. The molecular formula is C23H25N3O5. The van der Waals surface area contributed by atoms with Crippen molar-refractivity contribution < 1.29 is 23.7 Å². The Balaban J connectivity index is 1.85. The molecule has 0 spiro atoms. The normalized spacial score (nSPS) is 13.6. The number of methoxy groups -OCH3 is 3. The molecule has 0 amide bonds. The van der Waals surface area contributed by atoms with Crippen LogP contribution in [0, 0.1) is 0 Å². The van der Waals surface area contributed by atoms with Crippen molar-refractivity contribution >= 4 is 11.6 Å². The Labute approximate surface area is 181 Å². The predicted molar refractivity (Wildman–Crippen MR) is 116 cm³/mol. The summed E-state index contributed by atoms with van der Waals surface area (Å²) in [5, 5.41) is 3.14. The lowest BCUT2D eigenvalue weighted by molar-refractivity contribution is 0.0992. The van der Waals surface area contributed by atoms with Gasteiger partial charge in [-0.2, -0.15) is 4.98 Å². The van der Waals surface area contributed by atoms with Crippen LogP contribution >= 0.6 is 0 Å². The van der Waals surface area contributed by atoms with Gasteiger partial charge in [0.2, 0.25) is 5.88 Å². The van der Waals surface area contributed by atoms with Crippen molar-refractivity contribution in [1.29, 1.82) is 0 Å². The molecule has 2 aromatic rings. The molecule has 162 valence electrons. The number of rotatable bonds is 10. The first-order valence-corrected chi connectivity index (χ1v) is 9.64. The summed E-state index contributed by atoms with van der Waals surface area (Å²) < 4.78 is 21.5. The molecule has 0 saturated heterocycles. The van der Waals surface area contributed by atoms with E-state index in [0.29, 0.717) is 40.8 Å². The Morgan fingerprint density at radius 1 is 1.16 bits per heavy atom. The molecule has 0 atom stereocenters. The third-order valence-electron chi connectivity index (χ3n) is 4.56. The van der Waals surface area contributed by atoms with Gasteiger partial charge >= 0.3 is 0 Å². The summed E-state index contributed by atoms with van der Waals surface area (Å²) in [6.07, 6.45) is 7.69. The van der Waals surface area contributed by atoms with Gasteiger partial charge in [0.15, 0.2) is 11.6 Å². The number of ether oxygens (including phenoxy) is 4. The van der Waals surface area contributed by atoms with Crippen LogP contribution in [-0.4, -0.2) is 43.7 Å². The van der Waals surface area contributed by atoms with E-state index in [0.717, 1.165) is 12.0 Å². The van der Waals surface area contributed by atoms with Crippen LogP contribution in [-0.2, 0) is 20.6 Å². The molecule has 3 rings (SSSR count). The number of fused-ring (bicyclic) bond motifs is 1. The van der Waals surface area contributed by atoms with E-state index in [4.69, 9.17) is 18.9 Å². The van der Waals surface area contributed by atoms with Gasteiger partial charge in [-0.05, 0) is 18.1 Å². The number of carbonyl (C=O) groups is 1. The minimum atomic E-state index is 0.0755. The smallest absolute Gasteiger partial charge is 0.239 e. The molecule has 1 aromatic heterocycles. The Bertz CT molecular complexity index is 1030. The molecule has 1 aliphatic rings. The third-order valence-corrected chi connectivity index (χ3v) is 4.56. The van der Waals surface area contributed by atoms with E-state index in [2.05, 4.69) is 21.9 Å². The van der Waals surface area contributed by atoms with Gasteiger partial charge in [0, 0.05) is 31.4 Å². The number of aromatic nitrogens is 2. The first-order chi connectivity index (χ1) is 15.0. The van der Waals surface area contributed by atoms with Crippen molar-refractivity contribution in [3.63, 3.8) is 0 Å². The van der Waals surface area contributed by atoms with Gasteiger partial charge in [0.25, 0.3) is 0 Å². The maximum atomic E-state index is 12.2. The lowest BCUT2D eigenvalue weighted by Gasteiger charge is -2.12. The van der Waals surface area contributed by atoms with Crippen molar-refractivity contribution in [2.24, 2.45) is 0 Å². The van der Waals surface area contributed by atoms with Gasteiger partial charge in [0.1, 0.15) is 23.9 Å². The molecule has 1 aromatic carbocycles. The first-order valence-electron chi connectivity index (χ1n) is 9.64. The number of Topliss-reactive ketones (excluding diaryl/α,β-unsaturated/α-hetero) is 1. The molecule has 31 heavy (non-hydrogen) atoms. The van der Waals surface area contributed by atoms with Gasteiger partial charge in [-0.1, -0.05) is 18.7 Å². The van der Waals surface area contributed by atoms with Crippen molar-refractivity contribution in [3.05, 3.63) is 77.7 Å². The first kappa shape index (κ1) is 22.0. The molecule has 1 aliphatic carbocycles. The predicted octanol–water partition coefficient (Wildman–Crippen LogP) is 4.03. The minimum Gasteiger partial charge on any atom is -0.499 e. The Hall–Kier alpha value is -3.65. The lowest BCUT2D eigenvalue weighted by atomic mass is 10.1. The number of ketones is 1. The number of nitrogens with zero attached hydrogens (tertiary/aromatic N) is 2. The number of anilines is 1. The van der Waals surface area contributed by atoms with Gasteiger partial charge in [-0.3, -0.25) is 9.78 Å². The van der Waals surface area contributed by atoms with Crippen LogP contribution in [0.3, 0.4) is 0 Å². The van der Waals surface area contributed by atoms with Crippen LogP contribution in [0.2, 0.25) is 0 Å². The van der Waals surface area contributed by atoms with E-state index in [-0.39, 0.29) is 18.3 Å². The summed E-state index contributed by atoms with van der Waals surface area (Å²) >= 11 is 0. The molecule has 0 fully saturated rings. The van der Waals surface area contributed by atoms with E-state index in [1.165, 1.54) is 13.3 Å². The van der Waals surface area contributed by atoms with Gasteiger partial charge < -0.3 is 24.3 Å². The molecule has 0 saturated carbocycles. The highest BCUT2D eigenvalue weighted by Crippen LogP contribution is 2.33. The van der Waals surface area contributed by atoms with Crippen LogP contribution < -0.4 is 10.1 Å². The molecule has 0 bridgehead atoms. The molecule has 0 radical (unpaired) electrons. The average Bonchev–Trinajstić information content (AvgIpc) is 3.15. The Morgan fingerprint density at radius 2 is 2.00 bits per heavy atom. The zero-order valence-corrected chi connectivity index (χ0v) is 17.8. The van der Waals surface area contributed by atoms with Crippen molar-refractivity contribution in [3.8, 4) is 11.6 Å². The van der Waals surface area contributed by atoms with E-state index >= 15 is 0 Å². The summed E-state index contributed by atoms with van der Waals surface area (Å²) in [6, 6.07) is 5.57. The number of carbonyl (C=O) groups excluding carboxylic acids is 1. The second-order valence-electron chi connectivity index (χ2n) is 6.70. The Kier molecular flexibility index (Phi) is 7.40. The fourth-order valence-electron chi connectivity index (χ4n) is 3.10. The summed E-state index contributed by atoms with van der Waals surface area (Å²) in [6.45, 7) is 4.10. The molecular weight excluding hydrogens is 398 g/mol. The zero-order chi connectivity index (χ0) is 22.2. The molecule has 1 N–H and O–H groups in total. The summed E-state index contributed by atoms with van der Waals surface area (Å²) in [5.74, 6) is 2.27. The largest absolute Gasteiger partial charge is 0.499 e. The maximum Gasteiger partial charge on any atom is 0.239 e. The molecule has 8 heteroatoms. The molecule has 0 aliphatic heterocycles. The van der Waals surface area contributed by atoms with Crippen LogP contribution in [0.15, 0.2) is 66.5 Å². The van der Waals surface area contributed by atoms with Crippen LogP contribution in [0.5, 0.6) is 11.6 Å². The van der Waals surface area contributed by atoms with Gasteiger partial charge in [-0.25, -0.2) is 0 Å². The third kappa shape index (κ3) is 5.70. The number of aryl methyl sites for hydroxylation is 1. The minimum absolute atomic E-state index is 0.0755. The monoisotopic (exact) mass is 423 g/mol. The molecule has 1 heterocycles. The Morgan fingerprint density at radius 3 is 2.74 bits per heavy atom. The maximum absolute atomic E-state index is 12.2. The lowest BCUT2D eigenvalue weighted by Crippen LogP contribution is -2.05. The topological polar surface area (TPSA) is 91.8 Å². The number of hydrogen-bond donors (Lipinski definition) is 1. The highest BCUT2D eigenvalue weighted by atomic mass is 16.5. The SMILES string of the molecule is C=C(/C=C(\C=C(/COC)OC)Nc1cncc(Oc2cccc3c2C(=O)CC3)n1)OC. The van der Waals surface area contributed by atoms with Gasteiger partial charge in [0.05, 0.1) is 32.2 Å². The highest BCUT2D eigenvalue weighted by molar-refractivity contribution is 6.02. The zero-order valence-electron chi connectivity index (χ0n) is 17.8. The van der Waals surface area contributed by atoms with Gasteiger partial charge in [-0.15, -0.1) is 0 Å². The van der Waals surface area contributed by atoms with E-state index in [1.54, 1.807) is 38.6 Å². The van der Waals surface area contributed by atoms with E-state index < -0.39 is 0 Å². The number of hydrogen-bond acceptors (Lipinski definition) is 8. The number of allylic oxidation sites excluding steroid dienone is 2. The van der Waals surface area contributed by atoms with Crippen molar-refractivity contribution in [1.82, 2.24) is 9.97 Å². The van der Waals surface area contributed by atoms with Crippen LogP contribution in [0.1, 0.15) is 22.3 Å². The summed E-state index contributed by atoms with van der Waals surface area (Å²) in [5.41, 5.74) is 2.21. The fraction of sp³-hybridized carbons (Fsp3) is 0.261. The second-order valence-corrected chi connectivity index (χ2v) is 6.70. The number of benzene rings is 1. The average molecular weight is 423 g/mol. The van der Waals surface area contributed by atoms with Crippen molar-refractivity contribution in [2.45, 2.75) is 12.8 Å². The summed E-state index contributed by atoms with van der Waals surface area (Å²) in [4.78, 5) is 20.9. The molecule has 0 unspecified atom stereocenters. The van der Waals surface area contributed by atoms with E-state index in [1.807, 2.05) is 12.1 Å². The highest BCUT2D eigenvalue weighted by Gasteiger charge is 2.24. The quantitative estimate of drug-likeness (QED) is 0.452. The van der Waals surface area contributed by atoms with E-state index in [9.17, 15) is 4.79 Å². The van der Waals surface area contributed by atoms with Crippen molar-refractivity contribution in [2.75, 3.05) is 33.3 Å². The molecule has 8 nitrogen and oxygen atoms in total.